The molecule has 0 saturated carbocycles. The van der Waals surface area contributed by atoms with Crippen molar-refractivity contribution in [1.82, 2.24) is 0 Å². The Labute approximate surface area is 198 Å². The van der Waals surface area contributed by atoms with Crippen molar-refractivity contribution in [3.8, 4) is 0 Å². The highest BCUT2D eigenvalue weighted by Crippen LogP contribution is 2.40. The van der Waals surface area contributed by atoms with Gasteiger partial charge in [0, 0.05) is 24.8 Å². The molecule has 2 heterocycles. The van der Waals surface area contributed by atoms with Gasteiger partial charge < -0.3 is 29.5 Å². The Balaban J connectivity index is 2.09. The number of carbonyl (C=O) groups excluding carboxylic acids is 3. The Kier molecular flexibility index (Phi) is 7.80. The van der Waals surface area contributed by atoms with Gasteiger partial charge >= 0.3 is 17.9 Å². The number of esters is 3. The molecule has 0 aromatic rings. The summed E-state index contributed by atoms with van der Waals surface area (Å²) in [5.74, 6) is -3.40. The predicted octanol–water partition coefficient (Wildman–Crippen LogP) is 1.28. The van der Waals surface area contributed by atoms with Crippen LogP contribution in [0.3, 0.4) is 0 Å². The van der Waals surface area contributed by atoms with Crippen molar-refractivity contribution in [2.75, 3.05) is 13.2 Å². The molecule has 0 radical (unpaired) electrons. The van der Waals surface area contributed by atoms with Gasteiger partial charge in [0.15, 0.2) is 5.60 Å². The van der Waals surface area contributed by atoms with E-state index < -0.39 is 66.9 Å². The third-order valence-corrected chi connectivity index (χ3v) is 6.76. The molecule has 3 rings (SSSR count). The summed E-state index contributed by atoms with van der Waals surface area (Å²) in [4.78, 5) is 38.1. The summed E-state index contributed by atoms with van der Waals surface area (Å²) in [6.07, 6.45) is 2.66. The Morgan fingerprint density at radius 1 is 1.32 bits per heavy atom. The zero-order valence-corrected chi connectivity index (χ0v) is 19.7. The van der Waals surface area contributed by atoms with E-state index in [1.165, 1.54) is 0 Å². The second kappa shape index (κ2) is 10.2. The minimum atomic E-state index is -1.79. The van der Waals surface area contributed by atoms with Gasteiger partial charge in [-0.25, -0.2) is 14.4 Å². The molecule has 0 spiro atoms. The molecule has 2 aliphatic heterocycles. The number of hydrogen-bond donors (Lipinski definition) is 3. The molecular weight excluding hydrogens is 444 g/mol. The fourth-order valence-corrected chi connectivity index (χ4v) is 4.50. The van der Waals surface area contributed by atoms with E-state index in [1.807, 2.05) is 6.08 Å². The van der Waals surface area contributed by atoms with E-state index in [4.69, 9.17) is 19.3 Å². The van der Waals surface area contributed by atoms with Crippen LogP contribution in [0.5, 0.6) is 0 Å². The average Bonchev–Trinajstić information content (AvgIpc) is 3.04. The van der Waals surface area contributed by atoms with Crippen LogP contribution in [0.1, 0.15) is 40.0 Å². The van der Waals surface area contributed by atoms with Crippen molar-refractivity contribution in [1.29, 1.82) is 0 Å². The van der Waals surface area contributed by atoms with Crippen LogP contribution < -0.4 is 0 Å². The molecule has 1 aliphatic carbocycles. The SMILES string of the molecule is C=C1C(=O)OC2C=C(C)C3CC=C(CC(OC(=O)C(=CCO)CO)C12)CC(O)(C(C)C)C(=O)O3. The van der Waals surface area contributed by atoms with Crippen LogP contribution in [0.4, 0.5) is 0 Å². The lowest BCUT2D eigenvalue weighted by atomic mass is 9.78. The van der Waals surface area contributed by atoms with Crippen molar-refractivity contribution in [3.05, 3.63) is 47.1 Å². The number of fused-ring (bicyclic) bond motifs is 3. The first-order valence-corrected chi connectivity index (χ1v) is 11.3. The van der Waals surface area contributed by atoms with Gasteiger partial charge in [-0.15, -0.1) is 0 Å². The Hall–Kier alpha value is -2.75. The van der Waals surface area contributed by atoms with Gasteiger partial charge in [-0.05, 0) is 30.6 Å². The molecule has 34 heavy (non-hydrogen) atoms. The average molecular weight is 477 g/mol. The Morgan fingerprint density at radius 2 is 2.03 bits per heavy atom. The number of aliphatic hydroxyl groups is 3. The third-order valence-electron chi connectivity index (χ3n) is 6.76. The second-order valence-electron chi connectivity index (χ2n) is 9.30. The van der Waals surface area contributed by atoms with Crippen molar-refractivity contribution >= 4 is 17.9 Å². The first kappa shape index (κ1) is 25.9. The van der Waals surface area contributed by atoms with Gasteiger partial charge in [-0.1, -0.05) is 32.1 Å². The van der Waals surface area contributed by atoms with Crippen molar-refractivity contribution in [2.24, 2.45) is 11.8 Å². The number of aliphatic hydroxyl groups excluding tert-OH is 2. The van der Waals surface area contributed by atoms with Crippen LogP contribution in [-0.2, 0) is 28.6 Å². The maximum absolute atomic E-state index is 12.9. The fraction of sp³-hybridized carbons (Fsp3) is 0.560. The quantitative estimate of drug-likeness (QED) is 0.232. The molecule has 9 nitrogen and oxygen atoms in total. The lowest BCUT2D eigenvalue weighted by molar-refractivity contribution is -0.175. The lowest BCUT2D eigenvalue weighted by Crippen LogP contribution is -2.48. The summed E-state index contributed by atoms with van der Waals surface area (Å²) in [6.45, 7) is 7.92. The molecule has 1 saturated heterocycles. The van der Waals surface area contributed by atoms with Crippen molar-refractivity contribution in [2.45, 2.75) is 63.9 Å². The Bertz CT molecular complexity index is 957. The zero-order valence-electron chi connectivity index (χ0n) is 19.7. The minimum absolute atomic E-state index is 0.0367. The van der Waals surface area contributed by atoms with Crippen LogP contribution >= 0.6 is 0 Å². The maximum atomic E-state index is 12.9. The number of ether oxygens (including phenoxy) is 3. The molecule has 2 bridgehead atoms. The molecule has 5 atom stereocenters. The highest BCUT2D eigenvalue weighted by atomic mass is 16.6. The molecular formula is C25H32O9. The van der Waals surface area contributed by atoms with Crippen molar-refractivity contribution < 1.29 is 43.9 Å². The largest absolute Gasteiger partial charge is 0.458 e. The van der Waals surface area contributed by atoms with Crippen LogP contribution in [-0.4, -0.2) is 70.4 Å². The van der Waals surface area contributed by atoms with E-state index in [1.54, 1.807) is 26.8 Å². The predicted molar refractivity (Wildman–Crippen MR) is 120 cm³/mol. The molecule has 5 unspecified atom stereocenters. The van der Waals surface area contributed by atoms with Gasteiger partial charge in [-0.3, -0.25) is 0 Å². The van der Waals surface area contributed by atoms with E-state index in [0.29, 0.717) is 17.6 Å². The molecule has 9 heteroatoms. The smallest absolute Gasteiger partial charge is 0.339 e. The summed E-state index contributed by atoms with van der Waals surface area (Å²) >= 11 is 0. The third kappa shape index (κ3) is 5.01. The van der Waals surface area contributed by atoms with Crippen molar-refractivity contribution in [3.63, 3.8) is 0 Å². The van der Waals surface area contributed by atoms with Gasteiger partial charge in [0.2, 0.25) is 0 Å². The molecule has 1 fully saturated rings. The van der Waals surface area contributed by atoms with Crippen LogP contribution in [0.25, 0.3) is 0 Å². The molecule has 3 N–H and O–H groups in total. The highest BCUT2D eigenvalue weighted by molar-refractivity contribution is 5.92. The van der Waals surface area contributed by atoms with Gasteiger partial charge in [-0.2, -0.15) is 0 Å². The molecule has 186 valence electrons. The lowest BCUT2D eigenvalue weighted by Gasteiger charge is -2.37. The molecule has 0 aromatic heterocycles. The van der Waals surface area contributed by atoms with E-state index >= 15 is 0 Å². The van der Waals surface area contributed by atoms with Crippen LogP contribution in [0, 0.1) is 11.8 Å². The zero-order chi connectivity index (χ0) is 25.2. The fourth-order valence-electron chi connectivity index (χ4n) is 4.50. The monoisotopic (exact) mass is 476 g/mol. The van der Waals surface area contributed by atoms with Gasteiger partial charge in [0.05, 0.1) is 24.7 Å². The Morgan fingerprint density at radius 3 is 2.65 bits per heavy atom. The first-order chi connectivity index (χ1) is 16.0. The number of hydrogen-bond acceptors (Lipinski definition) is 9. The summed E-state index contributed by atoms with van der Waals surface area (Å²) in [7, 11) is 0. The second-order valence-corrected chi connectivity index (χ2v) is 9.30. The molecule has 3 aliphatic rings. The summed E-state index contributed by atoms with van der Waals surface area (Å²) < 4.78 is 16.9. The van der Waals surface area contributed by atoms with Gasteiger partial charge in [0.1, 0.15) is 18.3 Å². The molecule has 0 aromatic carbocycles. The number of carbonyl (C=O) groups is 3. The number of rotatable bonds is 5. The highest BCUT2D eigenvalue weighted by Gasteiger charge is 2.48. The first-order valence-electron chi connectivity index (χ1n) is 11.3. The summed E-state index contributed by atoms with van der Waals surface area (Å²) in [5, 5.41) is 29.9. The van der Waals surface area contributed by atoms with E-state index in [2.05, 4.69) is 6.58 Å². The van der Waals surface area contributed by atoms with Crippen LogP contribution in [0.15, 0.2) is 47.1 Å². The maximum Gasteiger partial charge on any atom is 0.339 e. The summed E-state index contributed by atoms with van der Waals surface area (Å²) in [5.41, 5.74) is -0.504. The van der Waals surface area contributed by atoms with E-state index in [0.717, 1.165) is 6.08 Å². The van der Waals surface area contributed by atoms with Crippen LogP contribution in [0.2, 0.25) is 0 Å². The normalized spacial score (nSPS) is 32.2. The minimum Gasteiger partial charge on any atom is -0.458 e. The topological polar surface area (TPSA) is 140 Å². The molecule has 0 amide bonds. The summed E-state index contributed by atoms with van der Waals surface area (Å²) in [6, 6.07) is 0. The van der Waals surface area contributed by atoms with E-state index in [9.17, 15) is 24.6 Å². The van der Waals surface area contributed by atoms with E-state index in [-0.39, 0.29) is 24.0 Å². The van der Waals surface area contributed by atoms with Gasteiger partial charge in [0.25, 0.3) is 0 Å². The standard InChI is InChI=1S/C25H32O9/c1-13(2)25(31)11-16-5-6-18(34-24(25)30)14(3)9-19-21(15(4)22(28)32-19)20(10-16)33-23(29)17(12-27)7-8-26/h5,7,9,13,18-21,26-27,31H,4,6,8,10-12H2,1-3H3.